The van der Waals surface area contributed by atoms with Crippen molar-refractivity contribution in [2.24, 2.45) is 0 Å². The van der Waals surface area contributed by atoms with Crippen LogP contribution in [-0.2, 0) is 66.1 Å². The predicted molar refractivity (Wildman–Crippen MR) is 179 cm³/mol. The minimum absolute atomic E-state index is 0.214. The van der Waals surface area contributed by atoms with Crippen LogP contribution in [0, 0.1) is 0 Å². The third kappa shape index (κ3) is 34.9. The minimum Gasteiger partial charge on any atom is -0.463 e. The van der Waals surface area contributed by atoms with Gasteiger partial charge in [0.15, 0.2) is 8.32 Å². The molecule has 0 spiro atoms. The van der Waals surface area contributed by atoms with Gasteiger partial charge >= 0.3 is 5.97 Å². The van der Waals surface area contributed by atoms with Crippen LogP contribution in [0.2, 0.25) is 18.1 Å². The molecule has 0 rings (SSSR count). The number of ether oxygens (including phenoxy) is 12. The molecule has 0 heterocycles. The third-order valence-corrected chi connectivity index (χ3v) is 11.3. The molecule has 0 aromatic rings. The Morgan fingerprint density at radius 2 is 0.574 bits per heavy atom. The first-order valence-electron chi connectivity index (χ1n) is 16.8. The number of carbonyl (C=O) groups is 1. The van der Waals surface area contributed by atoms with Crippen LogP contribution >= 0.6 is 0 Å². The molecule has 14 nitrogen and oxygen atoms in total. The first-order valence-corrected chi connectivity index (χ1v) is 19.7. The van der Waals surface area contributed by atoms with E-state index in [0.717, 1.165) is 0 Å². The van der Waals surface area contributed by atoms with Gasteiger partial charge in [-0.25, -0.2) is 0 Å². The second kappa shape index (κ2) is 33.7. The summed E-state index contributed by atoms with van der Waals surface area (Å²) in [7, 11) is -1.70. The molecule has 15 heteroatoms. The van der Waals surface area contributed by atoms with Crippen LogP contribution in [0.15, 0.2) is 0 Å². The van der Waals surface area contributed by atoms with E-state index in [9.17, 15) is 4.79 Å². The van der Waals surface area contributed by atoms with E-state index >= 15 is 0 Å². The molecule has 0 atom stereocenters. The van der Waals surface area contributed by atoms with Crippen molar-refractivity contribution in [3.63, 3.8) is 0 Å². The monoisotopic (exact) mass is 702 g/mol. The van der Waals surface area contributed by atoms with Crippen LogP contribution in [0.3, 0.4) is 0 Å². The fourth-order valence-corrected chi connectivity index (χ4v) is 4.14. The summed E-state index contributed by atoms with van der Waals surface area (Å²) in [6, 6.07) is 0. The zero-order valence-electron chi connectivity index (χ0n) is 30.2. The third-order valence-electron chi connectivity index (χ3n) is 6.75. The van der Waals surface area contributed by atoms with Crippen molar-refractivity contribution in [1.82, 2.24) is 0 Å². The van der Waals surface area contributed by atoms with Crippen molar-refractivity contribution in [3.05, 3.63) is 0 Å². The Morgan fingerprint density at radius 3 is 0.766 bits per heavy atom. The van der Waals surface area contributed by atoms with Crippen molar-refractivity contribution in [3.8, 4) is 0 Å². The number of esters is 1. The highest BCUT2D eigenvalue weighted by atomic mass is 28.4. The van der Waals surface area contributed by atoms with Crippen molar-refractivity contribution in [1.29, 1.82) is 0 Å². The highest BCUT2D eigenvalue weighted by molar-refractivity contribution is 6.74. The van der Waals surface area contributed by atoms with Crippen LogP contribution in [0.5, 0.6) is 0 Å². The predicted octanol–water partition coefficient (Wildman–Crippen LogP) is 2.75. The van der Waals surface area contributed by atoms with Crippen LogP contribution < -0.4 is 0 Å². The van der Waals surface area contributed by atoms with Gasteiger partial charge in [0.1, 0.15) is 6.61 Å². The van der Waals surface area contributed by atoms with E-state index in [4.69, 9.17) is 61.3 Å². The molecule has 0 unspecified atom stereocenters. The fraction of sp³-hybridized carbons (Fsp3) is 0.969. The molecule has 282 valence electrons. The van der Waals surface area contributed by atoms with E-state index in [1.807, 2.05) is 0 Å². The van der Waals surface area contributed by atoms with E-state index in [2.05, 4.69) is 33.9 Å². The highest BCUT2D eigenvalue weighted by Crippen LogP contribution is 2.36. The summed E-state index contributed by atoms with van der Waals surface area (Å²) in [4.78, 5) is 10.6. The average Bonchev–Trinajstić information content (AvgIpc) is 3.01. The van der Waals surface area contributed by atoms with Crippen molar-refractivity contribution in [2.75, 3.05) is 159 Å². The lowest BCUT2D eigenvalue weighted by Gasteiger charge is -2.36. The van der Waals surface area contributed by atoms with Gasteiger partial charge in [0.25, 0.3) is 0 Å². The molecular formula is C32H66O14Si. The molecule has 47 heavy (non-hydrogen) atoms. The van der Waals surface area contributed by atoms with Crippen LogP contribution in [0.25, 0.3) is 0 Å². The van der Waals surface area contributed by atoms with Gasteiger partial charge in [0, 0.05) is 6.92 Å². The molecule has 0 aromatic heterocycles. The Kier molecular flexibility index (Phi) is 33.1. The van der Waals surface area contributed by atoms with Crippen molar-refractivity contribution < 1.29 is 66.1 Å². The summed E-state index contributed by atoms with van der Waals surface area (Å²) in [5.74, 6) is -0.311. The lowest BCUT2D eigenvalue weighted by atomic mass is 10.2. The molecule has 0 aromatic carbocycles. The molecule has 0 radical (unpaired) electrons. The first-order chi connectivity index (χ1) is 22.7. The summed E-state index contributed by atoms with van der Waals surface area (Å²) in [6.45, 7) is 24.4. The van der Waals surface area contributed by atoms with E-state index in [1.54, 1.807) is 0 Å². The van der Waals surface area contributed by atoms with Gasteiger partial charge in [-0.3, -0.25) is 4.79 Å². The lowest BCUT2D eigenvalue weighted by molar-refractivity contribution is -0.142. The molecule has 0 aliphatic heterocycles. The molecule has 0 aliphatic rings. The van der Waals surface area contributed by atoms with Gasteiger partial charge in [-0.15, -0.1) is 0 Å². The normalized spacial score (nSPS) is 12.2. The molecular weight excluding hydrogens is 636 g/mol. The standard InChI is InChI=1S/C32H66O14Si/c1-31(33)45-29-27-43-25-23-41-21-19-39-17-15-37-13-11-35-9-7-34-8-10-36-12-14-38-16-18-40-20-22-42-24-26-44-28-30-46-47(5,6)32(2,3)4/h7-30H2,1-6H3. The number of hydrogen-bond donors (Lipinski definition) is 0. The number of rotatable bonds is 37. The van der Waals surface area contributed by atoms with Crippen LogP contribution in [0.1, 0.15) is 27.7 Å². The van der Waals surface area contributed by atoms with Gasteiger partial charge < -0.3 is 61.3 Å². The Labute approximate surface area is 284 Å². The Balaban J connectivity index is 3.12. The maximum absolute atomic E-state index is 10.6. The van der Waals surface area contributed by atoms with E-state index in [0.29, 0.717) is 152 Å². The van der Waals surface area contributed by atoms with Crippen LogP contribution in [-0.4, -0.2) is 173 Å². The van der Waals surface area contributed by atoms with Gasteiger partial charge in [0.2, 0.25) is 0 Å². The molecule has 0 amide bonds. The highest BCUT2D eigenvalue weighted by Gasteiger charge is 2.36. The maximum Gasteiger partial charge on any atom is 0.302 e. The summed E-state index contributed by atoms with van der Waals surface area (Å²) in [5, 5.41) is 0.214. The Bertz CT molecular complexity index is 666. The smallest absolute Gasteiger partial charge is 0.302 e. The summed E-state index contributed by atoms with van der Waals surface area (Å²) in [6.07, 6.45) is 0. The van der Waals surface area contributed by atoms with Crippen molar-refractivity contribution >= 4 is 14.3 Å². The number of hydrogen-bond acceptors (Lipinski definition) is 14. The van der Waals surface area contributed by atoms with E-state index in [-0.39, 0.29) is 17.6 Å². The summed E-state index contributed by atoms with van der Waals surface area (Å²) in [5.41, 5.74) is 0. The zero-order chi connectivity index (χ0) is 34.7. The SMILES string of the molecule is CC(=O)OCCOCCOCCOCCOCCOCCOCCOCCOCCOCCOCCOCCO[Si](C)(C)C(C)(C)C. The summed E-state index contributed by atoms with van der Waals surface area (Å²) < 4.78 is 70.9. The second-order valence-electron chi connectivity index (χ2n) is 11.7. The molecule has 0 N–H and O–H groups in total. The van der Waals surface area contributed by atoms with Crippen LogP contribution in [0.4, 0.5) is 0 Å². The molecule has 0 saturated heterocycles. The molecule has 0 bridgehead atoms. The molecule has 0 fully saturated rings. The van der Waals surface area contributed by atoms with Crippen molar-refractivity contribution in [2.45, 2.75) is 45.8 Å². The van der Waals surface area contributed by atoms with Gasteiger partial charge in [0.05, 0.1) is 152 Å². The quantitative estimate of drug-likeness (QED) is 0.0533. The topological polar surface area (TPSA) is 137 Å². The van der Waals surface area contributed by atoms with E-state index < -0.39 is 8.32 Å². The summed E-state index contributed by atoms with van der Waals surface area (Å²) >= 11 is 0. The average molecular weight is 703 g/mol. The van der Waals surface area contributed by atoms with Gasteiger partial charge in [-0.2, -0.15) is 0 Å². The maximum atomic E-state index is 10.6. The molecule has 0 saturated carbocycles. The first kappa shape index (κ1) is 46.2. The van der Waals surface area contributed by atoms with Gasteiger partial charge in [-0.1, -0.05) is 20.8 Å². The zero-order valence-corrected chi connectivity index (χ0v) is 31.2. The fourth-order valence-electron chi connectivity index (χ4n) is 3.12. The second-order valence-corrected chi connectivity index (χ2v) is 16.5. The minimum atomic E-state index is -1.70. The Hall–Kier alpha value is -0.793. The lowest BCUT2D eigenvalue weighted by Crippen LogP contribution is -2.41. The Morgan fingerprint density at radius 1 is 0.383 bits per heavy atom. The van der Waals surface area contributed by atoms with Gasteiger partial charge in [-0.05, 0) is 18.1 Å². The largest absolute Gasteiger partial charge is 0.463 e. The number of carbonyl (C=O) groups excluding carboxylic acids is 1. The molecule has 0 aliphatic carbocycles. The van der Waals surface area contributed by atoms with E-state index in [1.165, 1.54) is 6.92 Å².